The number of rotatable bonds is 7. The second-order valence-corrected chi connectivity index (χ2v) is 8.87. The zero-order valence-corrected chi connectivity index (χ0v) is 18.9. The number of nitrogens with zero attached hydrogens (tertiary/aromatic N) is 3. The molecule has 5 nitrogen and oxygen atoms in total. The van der Waals surface area contributed by atoms with Gasteiger partial charge in [-0.25, -0.2) is 0 Å². The Morgan fingerprint density at radius 3 is 2.66 bits per heavy atom. The second kappa shape index (κ2) is 8.63. The molecule has 5 rings (SSSR count). The lowest BCUT2D eigenvalue weighted by Crippen LogP contribution is -2.07. The van der Waals surface area contributed by atoms with E-state index < -0.39 is 0 Å². The zero-order valence-electron chi connectivity index (χ0n) is 18.0. The van der Waals surface area contributed by atoms with Gasteiger partial charge in [0.05, 0.1) is 5.75 Å². The maximum absolute atomic E-state index is 12.9. The van der Waals surface area contributed by atoms with Gasteiger partial charge in [-0.3, -0.25) is 4.79 Å². The van der Waals surface area contributed by atoms with Gasteiger partial charge in [-0.1, -0.05) is 66.4 Å². The maximum Gasteiger partial charge on any atom is 0.191 e. The zero-order chi connectivity index (χ0) is 22.1. The fourth-order valence-electron chi connectivity index (χ4n) is 3.99. The number of thioether (sulfide) groups is 1. The van der Waals surface area contributed by atoms with Gasteiger partial charge in [0, 0.05) is 12.6 Å². The predicted octanol–water partition coefficient (Wildman–Crippen LogP) is 5.25. The molecule has 1 aliphatic carbocycles. The Morgan fingerprint density at radius 1 is 1.00 bits per heavy atom. The first-order chi connectivity index (χ1) is 15.6. The van der Waals surface area contributed by atoms with Crippen LogP contribution in [0.15, 0.2) is 71.9 Å². The largest absolute Gasteiger partial charge is 0.485 e. The quantitative estimate of drug-likeness (QED) is 0.255. The van der Waals surface area contributed by atoms with Gasteiger partial charge >= 0.3 is 0 Å². The molecule has 160 valence electrons. The fraction of sp³-hybridized carbons (Fsp3) is 0.192. The Labute approximate surface area is 191 Å². The average Bonchev–Trinajstić information content (AvgIpc) is 3.36. The highest BCUT2D eigenvalue weighted by molar-refractivity contribution is 7.99. The summed E-state index contributed by atoms with van der Waals surface area (Å²) in [6.07, 6.45) is 0.882. The summed E-state index contributed by atoms with van der Waals surface area (Å²) in [7, 11) is 1.90. The minimum Gasteiger partial charge on any atom is -0.485 e. The van der Waals surface area contributed by atoms with E-state index in [1.165, 1.54) is 34.0 Å². The van der Waals surface area contributed by atoms with Crippen LogP contribution >= 0.6 is 11.8 Å². The van der Waals surface area contributed by atoms with Crippen molar-refractivity contribution in [2.24, 2.45) is 7.05 Å². The first-order valence-electron chi connectivity index (χ1n) is 10.5. The summed E-state index contributed by atoms with van der Waals surface area (Å²) in [6.45, 7) is 2.34. The number of hydrogen-bond acceptors (Lipinski definition) is 5. The Morgan fingerprint density at radius 2 is 1.78 bits per heavy atom. The summed E-state index contributed by atoms with van der Waals surface area (Å²) in [5.41, 5.74) is 6.87. The fourth-order valence-corrected chi connectivity index (χ4v) is 4.81. The summed E-state index contributed by atoms with van der Waals surface area (Å²) >= 11 is 1.40. The molecular formula is C26H23N3O2S. The average molecular weight is 442 g/mol. The van der Waals surface area contributed by atoms with E-state index in [1.807, 2.05) is 54.9 Å². The third-order valence-corrected chi connectivity index (χ3v) is 6.84. The number of ketones is 1. The molecule has 0 amide bonds. The number of benzene rings is 3. The van der Waals surface area contributed by atoms with Crippen LogP contribution in [0, 0.1) is 6.92 Å². The second-order valence-electron chi connectivity index (χ2n) is 7.93. The minimum atomic E-state index is 0.0921. The lowest BCUT2D eigenvalue weighted by atomic mass is 10.0. The van der Waals surface area contributed by atoms with E-state index in [0.717, 1.165) is 29.1 Å². The van der Waals surface area contributed by atoms with Crippen molar-refractivity contribution >= 4 is 17.5 Å². The summed E-state index contributed by atoms with van der Waals surface area (Å²) in [5.74, 6) is 1.96. The van der Waals surface area contributed by atoms with Crippen LogP contribution in [0.25, 0.3) is 11.1 Å². The molecule has 0 unspecified atom stereocenters. The van der Waals surface area contributed by atoms with Gasteiger partial charge in [-0.15, -0.1) is 10.2 Å². The molecule has 0 saturated carbocycles. The van der Waals surface area contributed by atoms with Gasteiger partial charge in [0.1, 0.15) is 12.4 Å². The van der Waals surface area contributed by atoms with E-state index >= 15 is 0 Å². The summed E-state index contributed by atoms with van der Waals surface area (Å²) < 4.78 is 7.77. The first kappa shape index (κ1) is 20.5. The number of hydrogen-bond donors (Lipinski definition) is 0. The molecule has 0 spiro atoms. The third kappa shape index (κ3) is 3.94. The van der Waals surface area contributed by atoms with Gasteiger partial charge in [-0.05, 0) is 53.3 Å². The van der Waals surface area contributed by atoms with E-state index in [4.69, 9.17) is 4.74 Å². The van der Waals surface area contributed by atoms with Crippen LogP contribution in [-0.2, 0) is 20.1 Å². The number of aryl methyl sites for hydroxylation is 1. The highest BCUT2D eigenvalue weighted by Crippen LogP contribution is 2.37. The SMILES string of the molecule is Cc1ccccc1OCc1nnc(SCC(=O)c2ccc3c(c2)Cc2ccccc2-3)n1C. The summed E-state index contributed by atoms with van der Waals surface area (Å²) in [4.78, 5) is 12.9. The molecule has 4 aromatic rings. The lowest BCUT2D eigenvalue weighted by Gasteiger charge is -2.08. The molecule has 32 heavy (non-hydrogen) atoms. The molecule has 0 fully saturated rings. The molecule has 1 heterocycles. The lowest BCUT2D eigenvalue weighted by molar-refractivity contribution is 0.102. The Balaban J connectivity index is 1.22. The molecule has 0 radical (unpaired) electrons. The van der Waals surface area contributed by atoms with Crippen LogP contribution in [0.4, 0.5) is 0 Å². The van der Waals surface area contributed by atoms with Crippen molar-refractivity contribution in [3.05, 3.63) is 94.8 Å². The van der Waals surface area contributed by atoms with Crippen LogP contribution in [0.5, 0.6) is 5.75 Å². The maximum atomic E-state index is 12.9. The van der Waals surface area contributed by atoms with Crippen LogP contribution < -0.4 is 4.74 Å². The molecule has 0 bridgehead atoms. The van der Waals surface area contributed by atoms with Gasteiger partial charge < -0.3 is 9.30 Å². The van der Waals surface area contributed by atoms with Gasteiger partial charge in [0.15, 0.2) is 16.8 Å². The Bertz CT molecular complexity index is 1310. The molecule has 0 aliphatic heterocycles. The molecular weight excluding hydrogens is 418 g/mol. The molecule has 0 saturated heterocycles. The highest BCUT2D eigenvalue weighted by atomic mass is 32.2. The normalized spacial score (nSPS) is 11.8. The van der Waals surface area contributed by atoms with Gasteiger partial charge in [-0.2, -0.15) is 0 Å². The number of carbonyl (C=O) groups excluding carboxylic acids is 1. The van der Waals surface area contributed by atoms with Crippen LogP contribution in [0.2, 0.25) is 0 Å². The number of para-hydroxylation sites is 1. The monoisotopic (exact) mass is 441 g/mol. The first-order valence-corrected chi connectivity index (χ1v) is 11.5. The smallest absolute Gasteiger partial charge is 0.191 e. The van der Waals surface area contributed by atoms with Crippen molar-refractivity contribution < 1.29 is 9.53 Å². The van der Waals surface area contributed by atoms with Crippen molar-refractivity contribution in [2.45, 2.75) is 25.1 Å². The van der Waals surface area contributed by atoms with Crippen LogP contribution in [0.3, 0.4) is 0 Å². The molecule has 6 heteroatoms. The third-order valence-electron chi connectivity index (χ3n) is 5.82. The van der Waals surface area contributed by atoms with Gasteiger partial charge in [0.2, 0.25) is 0 Å². The molecule has 3 aromatic carbocycles. The molecule has 0 atom stereocenters. The van der Waals surface area contributed by atoms with Crippen molar-refractivity contribution in [3.63, 3.8) is 0 Å². The summed E-state index contributed by atoms with van der Waals surface area (Å²) in [6, 6.07) is 22.3. The van der Waals surface area contributed by atoms with E-state index in [-0.39, 0.29) is 5.78 Å². The number of ether oxygens (including phenoxy) is 1. The van der Waals surface area contributed by atoms with Crippen molar-refractivity contribution in [3.8, 4) is 16.9 Å². The predicted molar refractivity (Wildman–Crippen MR) is 126 cm³/mol. The standard InChI is InChI=1S/C26H23N3O2S/c1-17-7-3-6-10-24(17)31-15-25-27-28-26(29(25)2)32-16-23(30)19-11-12-22-20(14-19)13-18-8-4-5-9-21(18)22/h3-12,14H,13,15-16H2,1-2H3. The number of carbonyl (C=O) groups is 1. The van der Waals surface area contributed by atoms with E-state index in [9.17, 15) is 4.79 Å². The topological polar surface area (TPSA) is 57.0 Å². The van der Waals surface area contributed by atoms with Gasteiger partial charge in [0.25, 0.3) is 0 Å². The minimum absolute atomic E-state index is 0.0921. The van der Waals surface area contributed by atoms with Crippen molar-refractivity contribution in [2.75, 3.05) is 5.75 Å². The van der Waals surface area contributed by atoms with Crippen LogP contribution in [0.1, 0.15) is 32.9 Å². The van der Waals surface area contributed by atoms with E-state index in [2.05, 4.69) is 40.5 Å². The molecule has 1 aliphatic rings. The molecule has 1 aromatic heterocycles. The molecule has 0 N–H and O–H groups in total. The Hall–Kier alpha value is -3.38. The highest BCUT2D eigenvalue weighted by Gasteiger charge is 2.20. The van der Waals surface area contributed by atoms with E-state index in [1.54, 1.807) is 0 Å². The number of aromatic nitrogens is 3. The number of Topliss-reactive ketones (excluding diaryl/α,β-unsaturated/α-hetero) is 1. The van der Waals surface area contributed by atoms with Crippen LogP contribution in [-0.4, -0.2) is 26.3 Å². The number of fused-ring (bicyclic) bond motifs is 3. The summed E-state index contributed by atoms with van der Waals surface area (Å²) in [5, 5.41) is 9.19. The van der Waals surface area contributed by atoms with E-state index in [0.29, 0.717) is 17.5 Å². The Kier molecular flexibility index (Phi) is 5.53. The van der Waals surface area contributed by atoms with Crippen molar-refractivity contribution in [1.82, 2.24) is 14.8 Å². The van der Waals surface area contributed by atoms with Crippen molar-refractivity contribution in [1.29, 1.82) is 0 Å².